The molecule has 0 radical (unpaired) electrons. The topological polar surface area (TPSA) is 128 Å². The number of ether oxygens (including phenoxy) is 2. The van der Waals surface area contributed by atoms with Crippen LogP contribution >= 0.6 is 0 Å². The number of methoxy groups -OCH3 is 1. The first-order valence-corrected chi connectivity index (χ1v) is 10.3. The summed E-state index contributed by atoms with van der Waals surface area (Å²) in [7, 11) is -2.51. The van der Waals surface area contributed by atoms with Gasteiger partial charge in [-0.05, 0) is 50.2 Å². The fourth-order valence-electron chi connectivity index (χ4n) is 2.38. The van der Waals surface area contributed by atoms with E-state index in [0.29, 0.717) is 17.0 Å². The van der Waals surface area contributed by atoms with Crippen LogP contribution < -0.4 is 14.8 Å². The van der Waals surface area contributed by atoms with Gasteiger partial charge in [0.05, 0.1) is 12.0 Å². The number of anilines is 1. The summed E-state index contributed by atoms with van der Waals surface area (Å²) in [5, 5.41) is 2.50. The van der Waals surface area contributed by atoms with Gasteiger partial charge in [-0.15, -0.1) is 0 Å². The van der Waals surface area contributed by atoms with Crippen molar-refractivity contribution in [3.63, 3.8) is 0 Å². The predicted molar refractivity (Wildman–Crippen MR) is 109 cm³/mol. The van der Waals surface area contributed by atoms with Crippen LogP contribution in [0.4, 0.5) is 5.69 Å². The summed E-state index contributed by atoms with van der Waals surface area (Å²) in [6.45, 7) is 2.09. The Kier molecular flexibility index (Phi) is 7.67. The second-order valence-corrected chi connectivity index (χ2v) is 8.03. The molecule has 0 aliphatic rings. The second-order valence-electron chi connectivity index (χ2n) is 6.31. The minimum Gasteiger partial charge on any atom is -0.497 e. The van der Waals surface area contributed by atoms with E-state index in [1.165, 1.54) is 51.3 Å². The molecule has 0 unspecified atom stereocenters. The highest BCUT2D eigenvalue weighted by atomic mass is 32.2. The molecule has 0 bridgehead atoms. The fraction of sp³-hybridized carbons (Fsp3) is 0.250. The largest absolute Gasteiger partial charge is 0.497 e. The van der Waals surface area contributed by atoms with E-state index < -0.39 is 34.5 Å². The van der Waals surface area contributed by atoms with Gasteiger partial charge in [-0.3, -0.25) is 14.4 Å². The zero-order valence-electron chi connectivity index (χ0n) is 16.7. The monoisotopic (exact) mass is 434 g/mol. The third-order valence-corrected chi connectivity index (χ3v) is 5.51. The first kappa shape index (κ1) is 23.0. The summed E-state index contributed by atoms with van der Waals surface area (Å²) >= 11 is 0. The molecule has 2 aromatic rings. The van der Waals surface area contributed by atoms with Crippen molar-refractivity contribution in [3.05, 3.63) is 54.1 Å². The van der Waals surface area contributed by atoms with Crippen molar-refractivity contribution < 1.29 is 32.3 Å². The van der Waals surface area contributed by atoms with Gasteiger partial charge in [0.25, 0.3) is 5.91 Å². The number of carbonyl (C=O) groups excluding carboxylic acids is 3. The fourth-order valence-corrected chi connectivity index (χ4v) is 3.57. The predicted octanol–water partition coefficient (Wildman–Crippen LogP) is 1.75. The van der Waals surface area contributed by atoms with Gasteiger partial charge in [-0.1, -0.05) is 12.1 Å². The van der Waals surface area contributed by atoms with E-state index in [2.05, 4.69) is 10.0 Å². The number of rotatable bonds is 9. The summed E-state index contributed by atoms with van der Waals surface area (Å²) in [5.41, 5.74) is 0.795. The molecule has 160 valence electrons. The highest BCUT2D eigenvalue weighted by molar-refractivity contribution is 7.89. The third-order valence-electron chi connectivity index (χ3n) is 3.95. The van der Waals surface area contributed by atoms with Crippen molar-refractivity contribution in [2.45, 2.75) is 24.8 Å². The van der Waals surface area contributed by atoms with Crippen LogP contribution in [0.3, 0.4) is 0 Å². The van der Waals surface area contributed by atoms with Crippen LogP contribution in [0.2, 0.25) is 0 Å². The van der Waals surface area contributed by atoms with E-state index in [4.69, 9.17) is 9.47 Å². The molecule has 0 aliphatic carbocycles. The Morgan fingerprint density at radius 3 is 2.33 bits per heavy atom. The SMILES string of the molecule is COc1ccc(S(=O)(=O)N[C@@H](C)C(=O)OCC(=O)Nc2cccc(C(C)=O)c2)cc1. The van der Waals surface area contributed by atoms with Crippen LogP contribution in [0.5, 0.6) is 5.75 Å². The maximum absolute atomic E-state index is 12.3. The molecule has 0 aliphatic heterocycles. The van der Waals surface area contributed by atoms with Gasteiger partial charge in [-0.2, -0.15) is 4.72 Å². The van der Waals surface area contributed by atoms with Crippen molar-refractivity contribution in [1.29, 1.82) is 0 Å². The number of hydrogen-bond acceptors (Lipinski definition) is 7. The molecule has 30 heavy (non-hydrogen) atoms. The average Bonchev–Trinajstić information content (AvgIpc) is 2.71. The van der Waals surface area contributed by atoms with E-state index in [0.717, 1.165) is 0 Å². The molecule has 1 amide bonds. The lowest BCUT2D eigenvalue weighted by atomic mass is 10.1. The molecule has 0 fully saturated rings. The van der Waals surface area contributed by atoms with Crippen molar-refractivity contribution >= 4 is 33.4 Å². The Morgan fingerprint density at radius 2 is 1.73 bits per heavy atom. The Morgan fingerprint density at radius 1 is 1.07 bits per heavy atom. The van der Waals surface area contributed by atoms with Crippen LogP contribution in [0.15, 0.2) is 53.4 Å². The highest BCUT2D eigenvalue weighted by Crippen LogP contribution is 2.16. The number of ketones is 1. The van der Waals surface area contributed by atoms with Crippen LogP contribution in [0, 0.1) is 0 Å². The van der Waals surface area contributed by atoms with Crippen molar-refractivity contribution in [1.82, 2.24) is 4.72 Å². The van der Waals surface area contributed by atoms with Crippen LogP contribution in [0.1, 0.15) is 24.2 Å². The van der Waals surface area contributed by atoms with Crippen molar-refractivity contribution in [2.75, 3.05) is 19.0 Å². The number of carbonyl (C=O) groups is 3. The molecular formula is C20H22N2O7S. The Hall–Kier alpha value is -3.24. The normalized spacial score (nSPS) is 12.0. The van der Waals surface area contributed by atoms with Gasteiger partial charge < -0.3 is 14.8 Å². The third kappa shape index (κ3) is 6.39. The van der Waals surface area contributed by atoms with Gasteiger partial charge >= 0.3 is 5.97 Å². The molecule has 0 spiro atoms. The number of nitrogens with one attached hydrogen (secondary N) is 2. The summed E-state index contributed by atoms with van der Waals surface area (Å²) in [6, 6.07) is 10.7. The smallest absolute Gasteiger partial charge is 0.324 e. The standard InChI is InChI=1S/C20H22N2O7S/c1-13(22-30(26,27)18-9-7-17(28-3)8-10-18)20(25)29-12-19(24)21-16-6-4-5-15(11-16)14(2)23/h4-11,13,22H,12H2,1-3H3,(H,21,24)/t13-/m0/s1. The Bertz CT molecular complexity index is 1030. The molecule has 0 aromatic heterocycles. The maximum Gasteiger partial charge on any atom is 0.324 e. The van der Waals surface area contributed by atoms with Gasteiger partial charge in [0.2, 0.25) is 10.0 Å². The van der Waals surface area contributed by atoms with Gasteiger partial charge in [0.15, 0.2) is 12.4 Å². The molecule has 2 rings (SSSR count). The van der Waals surface area contributed by atoms with Crippen molar-refractivity contribution in [2.24, 2.45) is 0 Å². The summed E-state index contributed by atoms with van der Waals surface area (Å²) in [6.07, 6.45) is 0. The molecule has 0 saturated carbocycles. The number of Topliss-reactive ketones (excluding diaryl/α,β-unsaturated/α-hetero) is 1. The molecule has 1 atom stereocenters. The number of amides is 1. The average molecular weight is 434 g/mol. The first-order chi connectivity index (χ1) is 14.1. The lowest BCUT2D eigenvalue weighted by Crippen LogP contribution is -2.40. The molecular weight excluding hydrogens is 412 g/mol. The Balaban J connectivity index is 1.89. The molecule has 9 nitrogen and oxygen atoms in total. The van der Waals surface area contributed by atoms with Gasteiger partial charge in [0, 0.05) is 11.3 Å². The zero-order chi connectivity index (χ0) is 22.3. The van der Waals surface area contributed by atoms with Crippen LogP contribution in [-0.2, 0) is 24.3 Å². The molecule has 10 heteroatoms. The van der Waals surface area contributed by atoms with Crippen molar-refractivity contribution in [3.8, 4) is 5.75 Å². The van der Waals surface area contributed by atoms with E-state index in [9.17, 15) is 22.8 Å². The number of hydrogen-bond donors (Lipinski definition) is 2. The lowest BCUT2D eigenvalue weighted by Gasteiger charge is -2.14. The summed E-state index contributed by atoms with van der Waals surface area (Å²) < 4.78 is 36.7. The van der Waals surface area contributed by atoms with Gasteiger partial charge in [-0.25, -0.2) is 8.42 Å². The molecule has 2 N–H and O–H groups in total. The lowest BCUT2D eigenvalue weighted by molar-refractivity contribution is -0.148. The Labute approximate surface area is 174 Å². The second kappa shape index (κ2) is 9.99. The van der Waals surface area contributed by atoms with Crippen LogP contribution in [-0.4, -0.2) is 45.8 Å². The highest BCUT2D eigenvalue weighted by Gasteiger charge is 2.23. The molecule has 2 aromatic carbocycles. The van der Waals surface area contributed by atoms with E-state index in [-0.39, 0.29) is 10.7 Å². The zero-order valence-corrected chi connectivity index (χ0v) is 17.5. The van der Waals surface area contributed by atoms with Gasteiger partial charge in [0.1, 0.15) is 11.8 Å². The minimum absolute atomic E-state index is 0.0500. The van der Waals surface area contributed by atoms with E-state index >= 15 is 0 Å². The summed E-state index contributed by atoms with van der Waals surface area (Å²) in [5.74, 6) is -1.22. The molecule has 0 heterocycles. The van der Waals surface area contributed by atoms with Crippen LogP contribution in [0.25, 0.3) is 0 Å². The summed E-state index contributed by atoms with van der Waals surface area (Å²) in [4.78, 5) is 35.4. The van der Waals surface area contributed by atoms with E-state index in [1.807, 2.05) is 0 Å². The van der Waals surface area contributed by atoms with E-state index in [1.54, 1.807) is 18.2 Å². The molecule has 0 saturated heterocycles. The number of benzene rings is 2. The maximum atomic E-state index is 12.3. The quantitative estimate of drug-likeness (QED) is 0.454. The minimum atomic E-state index is -3.97. The number of sulfonamides is 1. The number of esters is 1. The first-order valence-electron chi connectivity index (χ1n) is 8.86.